The fraction of sp³-hybridized carbons (Fsp3) is 0.130. The van der Waals surface area contributed by atoms with Gasteiger partial charge in [-0.15, -0.1) is 0 Å². The van der Waals surface area contributed by atoms with Gasteiger partial charge in [0.05, 0.1) is 24.2 Å². The van der Waals surface area contributed by atoms with Crippen molar-refractivity contribution < 1.29 is 14.3 Å². The molecule has 0 fully saturated rings. The number of hydrogen-bond donors (Lipinski definition) is 1. The normalized spacial score (nSPS) is 15.5. The minimum absolute atomic E-state index is 0.0386. The molecule has 1 unspecified atom stereocenters. The van der Waals surface area contributed by atoms with Crippen LogP contribution in [0.25, 0.3) is 10.8 Å². The Morgan fingerprint density at radius 2 is 1.89 bits per heavy atom. The van der Waals surface area contributed by atoms with Crippen LogP contribution >= 0.6 is 0 Å². The summed E-state index contributed by atoms with van der Waals surface area (Å²) in [5.74, 6) is -0.275. The molecule has 0 saturated heterocycles. The zero-order chi connectivity index (χ0) is 19.7. The third kappa shape index (κ3) is 2.85. The molecule has 5 nitrogen and oxygen atoms in total. The lowest BCUT2D eigenvalue weighted by Gasteiger charge is -2.29. The average molecular weight is 370 g/mol. The molecule has 0 amide bonds. The highest BCUT2D eigenvalue weighted by molar-refractivity contribution is 5.96. The SMILES string of the molecule is CCOC(=O)C1=C(N)Oc2c(ccc3ccccc23)C1c1ccc(C#N)cc1. The second-order valence-electron chi connectivity index (χ2n) is 6.47. The molecule has 1 heterocycles. The van der Waals surface area contributed by atoms with Gasteiger partial charge in [-0.25, -0.2) is 4.79 Å². The first-order chi connectivity index (χ1) is 13.6. The molecular weight excluding hydrogens is 352 g/mol. The lowest BCUT2D eigenvalue weighted by molar-refractivity contribution is -0.139. The number of fused-ring (bicyclic) bond motifs is 3. The zero-order valence-electron chi connectivity index (χ0n) is 15.3. The maximum atomic E-state index is 12.7. The van der Waals surface area contributed by atoms with Crippen LogP contribution in [0.1, 0.15) is 29.5 Å². The van der Waals surface area contributed by atoms with Crippen molar-refractivity contribution in [3.05, 3.63) is 88.8 Å². The van der Waals surface area contributed by atoms with Gasteiger partial charge < -0.3 is 15.2 Å². The molecule has 0 bridgehead atoms. The summed E-state index contributed by atoms with van der Waals surface area (Å²) in [6.45, 7) is 1.98. The highest BCUT2D eigenvalue weighted by Gasteiger charge is 2.36. The number of esters is 1. The molecule has 5 heteroatoms. The van der Waals surface area contributed by atoms with Gasteiger partial charge in [0, 0.05) is 10.9 Å². The van der Waals surface area contributed by atoms with Crippen LogP contribution < -0.4 is 10.5 Å². The smallest absolute Gasteiger partial charge is 0.340 e. The van der Waals surface area contributed by atoms with E-state index in [1.54, 1.807) is 19.1 Å². The molecule has 28 heavy (non-hydrogen) atoms. The van der Waals surface area contributed by atoms with Crippen molar-refractivity contribution >= 4 is 16.7 Å². The Hall–Kier alpha value is -3.78. The van der Waals surface area contributed by atoms with Crippen LogP contribution in [0.3, 0.4) is 0 Å². The van der Waals surface area contributed by atoms with E-state index in [1.165, 1.54) is 0 Å². The van der Waals surface area contributed by atoms with Crippen molar-refractivity contribution in [2.75, 3.05) is 6.61 Å². The Kier molecular flexibility index (Phi) is 4.46. The Morgan fingerprint density at radius 3 is 2.61 bits per heavy atom. The number of ether oxygens (including phenoxy) is 2. The Labute approximate surface area is 162 Å². The van der Waals surface area contributed by atoms with Gasteiger partial charge in [-0.2, -0.15) is 5.26 Å². The summed E-state index contributed by atoms with van der Waals surface area (Å²) in [6.07, 6.45) is 0. The second-order valence-corrected chi connectivity index (χ2v) is 6.47. The number of rotatable bonds is 3. The summed E-state index contributed by atoms with van der Waals surface area (Å²) in [6, 6.07) is 21.0. The van der Waals surface area contributed by atoms with Crippen LogP contribution in [0, 0.1) is 11.3 Å². The van der Waals surface area contributed by atoms with E-state index in [2.05, 4.69) is 6.07 Å². The molecule has 1 aliphatic rings. The van der Waals surface area contributed by atoms with E-state index in [0.29, 0.717) is 11.3 Å². The van der Waals surface area contributed by atoms with Gasteiger partial charge in [0.1, 0.15) is 11.3 Å². The molecule has 0 spiro atoms. The average Bonchev–Trinajstić information content (AvgIpc) is 2.73. The van der Waals surface area contributed by atoms with Gasteiger partial charge in [-0.05, 0) is 30.0 Å². The monoisotopic (exact) mass is 370 g/mol. The number of benzene rings is 3. The van der Waals surface area contributed by atoms with Crippen LogP contribution in [-0.2, 0) is 9.53 Å². The zero-order valence-corrected chi connectivity index (χ0v) is 15.3. The summed E-state index contributed by atoms with van der Waals surface area (Å²) >= 11 is 0. The first-order valence-electron chi connectivity index (χ1n) is 9.00. The molecule has 3 aromatic rings. The maximum Gasteiger partial charge on any atom is 0.340 e. The van der Waals surface area contributed by atoms with Crippen molar-refractivity contribution in [3.63, 3.8) is 0 Å². The molecule has 0 saturated carbocycles. The fourth-order valence-electron chi connectivity index (χ4n) is 3.59. The second kappa shape index (κ2) is 7.09. The molecule has 3 aromatic carbocycles. The summed E-state index contributed by atoms with van der Waals surface area (Å²) < 4.78 is 11.2. The molecule has 0 radical (unpaired) electrons. The predicted molar refractivity (Wildman–Crippen MR) is 105 cm³/mol. The van der Waals surface area contributed by atoms with E-state index in [9.17, 15) is 4.79 Å². The molecular formula is C23H18N2O3. The summed E-state index contributed by atoms with van der Waals surface area (Å²) in [5.41, 5.74) is 8.69. The molecule has 138 valence electrons. The van der Waals surface area contributed by atoms with E-state index in [0.717, 1.165) is 21.9 Å². The molecule has 0 aliphatic carbocycles. The molecule has 1 atom stereocenters. The van der Waals surface area contributed by atoms with E-state index < -0.39 is 11.9 Å². The highest BCUT2D eigenvalue weighted by atomic mass is 16.5. The van der Waals surface area contributed by atoms with Crippen LogP contribution in [0.2, 0.25) is 0 Å². The lowest BCUT2D eigenvalue weighted by Crippen LogP contribution is -2.27. The third-order valence-electron chi connectivity index (χ3n) is 4.86. The first-order valence-corrected chi connectivity index (χ1v) is 9.00. The number of carbonyl (C=O) groups is 1. The van der Waals surface area contributed by atoms with Crippen LogP contribution in [0.5, 0.6) is 5.75 Å². The number of nitriles is 1. The van der Waals surface area contributed by atoms with Crippen LogP contribution in [-0.4, -0.2) is 12.6 Å². The topological polar surface area (TPSA) is 85.3 Å². The summed E-state index contributed by atoms with van der Waals surface area (Å²) in [4.78, 5) is 12.7. The largest absolute Gasteiger partial charge is 0.462 e. The Morgan fingerprint density at radius 1 is 1.14 bits per heavy atom. The first kappa shape index (κ1) is 17.6. The number of hydrogen-bond acceptors (Lipinski definition) is 5. The Bertz CT molecular complexity index is 1140. The van der Waals surface area contributed by atoms with Gasteiger partial charge in [0.25, 0.3) is 0 Å². The number of nitrogens with zero attached hydrogens (tertiary/aromatic N) is 1. The van der Waals surface area contributed by atoms with Gasteiger partial charge in [0.2, 0.25) is 5.88 Å². The lowest BCUT2D eigenvalue weighted by atomic mass is 9.81. The minimum atomic E-state index is -0.506. The van der Waals surface area contributed by atoms with Gasteiger partial charge >= 0.3 is 5.97 Å². The van der Waals surface area contributed by atoms with Crippen molar-refractivity contribution in [3.8, 4) is 11.8 Å². The van der Waals surface area contributed by atoms with Crippen LogP contribution in [0.4, 0.5) is 0 Å². The van der Waals surface area contributed by atoms with Gasteiger partial charge in [0.15, 0.2) is 0 Å². The quantitative estimate of drug-likeness (QED) is 0.705. The highest BCUT2D eigenvalue weighted by Crippen LogP contribution is 2.45. The predicted octanol–water partition coefficient (Wildman–Crippen LogP) is 3.97. The van der Waals surface area contributed by atoms with Crippen molar-refractivity contribution in [1.29, 1.82) is 5.26 Å². The van der Waals surface area contributed by atoms with Crippen LogP contribution in [0.15, 0.2) is 72.1 Å². The third-order valence-corrected chi connectivity index (χ3v) is 4.86. The van der Waals surface area contributed by atoms with Crippen molar-refractivity contribution in [2.24, 2.45) is 5.73 Å². The minimum Gasteiger partial charge on any atom is -0.462 e. The summed E-state index contributed by atoms with van der Waals surface area (Å²) in [7, 11) is 0. The Balaban J connectivity index is 1.96. The molecule has 0 aromatic heterocycles. The molecule has 1 aliphatic heterocycles. The maximum absolute atomic E-state index is 12.7. The summed E-state index contributed by atoms with van der Waals surface area (Å²) in [5, 5.41) is 11.0. The van der Waals surface area contributed by atoms with E-state index >= 15 is 0 Å². The van der Waals surface area contributed by atoms with E-state index in [-0.39, 0.29) is 18.1 Å². The van der Waals surface area contributed by atoms with Gasteiger partial charge in [-0.3, -0.25) is 0 Å². The van der Waals surface area contributed by atoms with E-state index in [1.807, 2.05) is 48.5 Å². The fourth-order valence-corrected chi connectivity index (χ4v) is 3.59. The molecule has 4 rings (SSSR count). The standard InChI is InChI=1S/C23H18N2O3/c1-2-27-23(26)20-19(16-9-7-14(13-24)8-10-16)18-12-11-15-5-3-4-6-17(15)21(18)28-22(20)25/h3-12,19H,2,25H2,1H3. The number of nitrogens with two attached hydrogens (primary N) is 1. The van der Waals surface area contributed by atoms with Crippen molar-refractivity contribution in [1.82, 2.24) is 0 Å². The number of carbonyl (C=O) groups excluding carboxylic acids is 1. The molecule has 2 N–H and O–H groups in total. The van der Waals surface area contributed by atoms with Gasteiger partial charge in [-0.1, -0.05) is 48.5 Å². The van der Waals surface area contributed by atoms with E-state index in [4.69, 9.17) is 20.5 Å². The van der Waals surface area contributed by atoms with Crippen molar-refractivity contribution in [2.45, 2.75) is 12.8 Å².